The molecule has 2 amide bonds. The van der Waals surface area contributed by atoms with Crippen LogP contribution in [0, 0.1) is 10.5 Å². The molecular formula is C22H19IN2O3. The summed E-state index contributed by atoms with van der Waals surface area (Å²) in [7, 11) is 0. The van der Waals surface area contributed by atoms with Gasteiger partial charge in [-0.15, -0.1) is 0 Å². The number of aryl methyl sites for hydroxylation is 1. The van der Waals surface area contributed by atoms with Gasteiger partial charge < -0.3 is 15.4 Å². The summed E-state index contributed by atoms with van der Waals surface area (Å²) in [6, 6.07) is 22.1. The highest BCUT2D eigenvalue weighted by molar-refractivity contribution is 14.1. The van der Waals surface area contributed by atoms with Crippen molar-refractivity contribution in [2.45, 2.75) is 6.92 Å². The van der Waals surface area contributed by atoms with Crippen molar-refractivity contribution >= 4 is 40.1 Å². The third kappa shape index (κ3) is 5.56. The van der Waals surface area contributed by atoms with E-state index in [0.717, 1.165) is 14.9 Å². The first-order chi connectivity index (χ1) is 13.5. The van der Waals surface area contributed by atoms with Crippen molar-refractivity contribution in [3.05, 3.63) is 87.5 Å². The average molecular weight is 486 g/mol. The van der Waals surface area contributed by atoms with E-state index in [2.05, 4.69) is 33.2 Å². The van der Waals surface area contributed by atoms with Crippen LogP contribution in [0.5, 0.6) is 11.5 Å². The lowest BCUT2D eigenvalue weighted by molar-refractivity contribution is -0.115. The van der Waals surface area contributed by atoms with Gasteiger partial charge in [-0.2, -0.15) is 0 Å². The Hall–Kier alpha value is -2.87. The second-order valence-corrected chi connectivity index (χ2v) is 7.32. The molecule has 142 valence electrons. The van der Waals surface area contributed by atoms with Gasteiger partial charge in [-0.3, -0.25) is 9.59 Å². The first kappa shape index (κ1) is 19.9. The summed E-state index contributed by atoms with van der Waals surface area (Å²) in [5.74, 6) is 0.860. The number of carbonyl (C=O) groups is 2. The van der Waals surface area contributed by atoms with Gasteiger partial charge in [-0.1, -0.05) is 24.3 Å². The molecule has 6 heteroatoms. The van der Waals surface area contributed by atoms with E-state index < -0.39 is 0 Å². The van der Waals surface area contributed by atoms with Gasteiger partial charge in [0.05, 0.1) is 12.1 Å². The molecule has 0 aliphatic rings. The molecule has 3 aromatic carbocycles. The Labute approximate surface area is 177 Å². The zero-order chi connectivity index (χ0) is 19.9. The van der Waals surface area contributed by atoms with Gasteiger partial charge in [0.25, 0.3) is 5.91 Å². The number of rotatable bonds is 6. The van der Waals surface area contributed by atoms with Crippen molar-refractivity contribution in [2.75, 3.05) is 11.9 Å². The van der Waals surface area contributed by atoms with Crippen LogP contribution in [0.3, 0.4) is 0 Å². The molecule has 0 aliphatic carbocycles. The Morgan fingerprint density at radius 1 is 0.929 bits per heavy atom. The van der Waals surface area contributed by atoms with Crippen molar-refractivity contribution in [2.24, 2.45) is 0 Å². The van der Waals surface area contributed by atoms with Crippen molar-refractivity contribution in [3.8, 4) is 11.5 Å². The van der Waals surface area contributed by atoms with E-state index in [1.165, 1.54) is 0 Å². The molecular weight excluding hydrogens is 467 g/mol. The quantitative estimate of drug-likeness (QED) is 0.494. The van der Waals surface area contributed by atoms with Crippen molar-refractivity contribution in [1.29, 1.82) is 0 Å². The second kappa shape index (κ2) is 9.36. The molecule has 2 N–H and O–H groups in total. The number of carbonyl (C=O) groups excluding carboxylic acids is 2. The van der Waals surface area contributed by atoms with Crippen LogP contribution in [0.4, 0.5) is 5.69 Å². The monoisotopic (exact) mass is 486 g/mol. The molecule has 5 nitrogen and oxygen atoms in total. The lowest BCUT2D eigenvalue weighted by atomic mass is 10.2. The number of hydrogen-bond donors (Lipinski definition) is 2. The largest absolute Gasteiger partial charge is 0.457 e. The van der Waals surface area contributed by atoms with Gasteiger partial charge in [0.1, 0.15) is 11.5 Å². The van der Waals surface area contributed by atoms with E-state index in [0.29, 0.717) is 17.0 Å². The van der Waals surface area contributed by atoms with E-state index in [-0.39, 0.29) is 18.4 Å². The van der Waals surface area contributed by atoms with Gasteiger partial charge in [-0.25, -0.2) is 0 Å². The van der Waals surface area contributed by atoms with Crippen molar-refractivity contribution in [3.63, 3.8) is 0 Å². The third-order valence-electron chi connectivity index (χ3n) is 3.89. The molecule has 0 bridgehead atoms. The Kier molecular flexibility index (Phi) is 6.65. The third-order valence-corrected chi connectivity index (χ3v) is 4.83. The van der Waals surface area contributed by atoms with Gasteiger partial charge in [0.15, 0.2) is 0 Å². The van der Waals surface area contributed by atoms with Crippen LogP contribution in [-0.4, -0.2) is 18.4 Å². The lowest BCUT2D eigenvalue weighted by Gasteiger charge is -2.09. The highest BCUT2D eigenvalue weighted by Crippen LogP contribution is 2.23. The zero-order valence-corrected chi connectivity index (χ0v) is 17.4. The number of benzene rings is 3. The maximum Gasteiger partial charge on any atom is 0.252 e. The second-order valence-electron chi connectivity index (χ2n) is 6.15. The van der Waals surface area contributed by atoms with Crippen LogP contribution in [0.2, 0.25) is 0 Å². The Bertz CT molecular complexity index is 987. The predicted molar refractivity (Wildman–Crippen MR) is 118 cm³/mol. The Morgan fingerprint density at radius 2 is 1.68 bits per heavy atom. The topological polar surface area (TPSA) is 67.4 Å². The first-order valence-electron chi connectivity index (χ1n) is 8.68. The Balaban J connectivity index is 1.51. The molecule has 0 aliphatic heterocycles. The molecule has 3 aromatic rings. The van der Waals surface area contributed by atoms with E-state index >= 15 is 0 Å². The molecule has 0 saturated carbocycles. The first-order valence-corrected chi connectivity index (χ1v) is 9.76. The minimum Gasteiger partial charge on any atom is -0.457 e. The fourth-order valence-electron chi connectivity index (χ4n) is 2.53. The SMILES string of the molecule is Cc1cccc(Oc2ccc(NC(=O)CNC(=O)c3ccccc3I)cc2)c1. The van der Waals surface area contributed by atoms with E-state index in [1.807, 2.05) is 43.3 Å². The molecule has 28 heavy (non-hydrogen) atoms. The molecule has 3 rings (SSSR count). The zero-order valence-electron chi connectivity index (χ0n) is 15.2. The van der Waals surface area contributed by atoms with Crippen LogP contribution in [0.25, 0.3) is 0 Å². The maximum atomic E-state index is 12.2. The molecule has 0 radical (unpaired) electrons. The van der Waals surface area contributed by atoms with E-state index in [1.54, 1.807) is 36.4 Å². The molecule has 0 aromatic heterocycles. The number of halogens is 1. The average Bonchev–Trinajstić information content (AvgIpc) is 2.68. The van der Waals surface area contributed by atoms with E-state index in [9.17, 15) is 9.59 Å². The molecule has 0 fully saturated rings. The fourth-order valence-corrected chi connectivity index (χ4v) is 3.16. The number of amides is 2. The van der Waals surface area contributed by atoms with Crippen LogP contribution < -0.4 is 15.4 Å². The van der Waals surface area contributed by atoms with Gasteiger partial charge in [-0.05, 0) is 83.6 Å². The molecule has 0 unspecified atom stereocenters. The molecule has 0 spiro atoms. The van der Waals surface area contributed by atoms with E-state index in [4.69, 9.17) is 4.74 Å². The number of anilines is 1. The smallest absolute Gasteiger partial charge is 0.252 e. The van der Waals surface area contributed by atoms with Gasteiger partial charge in [0.2, 0.25) is 5.91 Å². The number of nitrogens with one attached hydrogen (secondary N) is 2. The fraction of sp³-hybridized carbons (Fsp3) is 0.0909. The minimum absolute atomic E-state index is 0.106. The standard InChI is InChI=1S/C22H19IN2O3/c1-15-5-4-6-18(13-15)28-17-11-9-16(10-12-17)25-21(26)14-24-22(27)19-7-2-3-8-20(19)23/h2-13H,14H2,1H3,(H,24,27)(H,25,26). The highest BCUT2D eigenvalue weighted by atomic mass is 127. The van der Waals surface area contributed by atoms with Crippen molar-refractivity contribution in [1.82, 2.24) is 5.32 Å². The summed E-state index contributed by atoms with van der Waals surface area (Å²) in [6.07, 6.45) is 0. The van der Waals surface area contributed by atoms with Crippen LogP contribution >= 0.6 is 22.6 Å². The van der Waals surface area contributed by atoms with Crippen LogP contribution in [-0.2, 0) is 4.79 Å². The summed E-state index contributed by atoms with van der Waals surface area (Å²) >= 11 is 2.09. The summed E-state index contributed by atoms with van der Waals surface area (Å²) in [4.78, 5) is 24.2. The maximum absolute atomic E-state index is 12.2. The summed E-state index contributed by atoms with van der Waals surface area (Å²) in [6.45, 7) is 1.90. The molecule has 0 atom stereocenters. The minimum atomic E-state index is -0.299. The van der Waals surface area contributed by atoms with Crippen LogP contribution in [0.1, 0.15) is 15.9 Å². The van der Waals surface area contributed by atoms with Crippen molar-refractivity contribution < 1.29 is 14.3 Å². The summed E-state index contributed by atoms with van der Waals surface area (Å²) < 4.78 is 6.62. The normalized spacial score (nSPS) is 10.2. The predicted octanol–water partition coefficient (Wildman–Crippen LogP) is 4.76. The Morgan fingerprint density at radius 3 is 2.39 bits per heavy atom. The summed E-state index contributed by atoms with van der Waals surface area (Å²) in [5.41, 5.74) is 2.30. The van der Waals surface area contributed by atoms with Gasteiger partial charge in [0, 0.05) is 9.26 Å². The number of ether oxygens (including phenoxy) is 1. The number of hydrogen-bond acceptors (Lipinski definition) is 3. The molecule has 0 saturated heterocycles. The molecule has 0 heterocycles. The highest BCUT2D eigenvalue weighted by Gasteiger charge is 2.11. The van der Waals surface area contributed by atoms with Gasteiger partial charge >= 0.3 is 0 Å². The lowest BCUT2D eigenvalue weighted by Crippen LogP contribution is -2.33. The van der Waals surface area contributed by atoms with Crippen LogP contribution in [0.15, 0.2) is 72.8 Å². The summed E-state index contributed by atoms with van der Waals surface area (Å²) in [5, 5.41) is 5.38.